The molecule has 2 aromatic heterocycles. The van der Waals surface area contributed by atoms with Crippen LogP contribution in [0.2, 0.25) is 0 Å². The first kappa shape index (κ1) is 19.7. The molecule has 0 spiro atoms. The minimum atomic E-state index is 0.723. The van der Waals surface area contributed by atoms with Gasteiger partial charge in [-0.25, -0.2) is 9.97 Å². The lowest BCUT2D eigenvalue weighted by atomic mass is 10.1. The third-order valence-electron chi connectivity index (χ3n) is 6.83. The van der Waals surface area contributed by atoms with Gasteiger partial charge in [0, 0.05) is 44.2 Å². The molecule has 5 rings (SSSR count). The fourth-order valence-corrected chi connectivity index (χ4v) is 5.99. The van der Waals surface area contributed by atoms with E-state index in [0.717, 1.165) is 57.7 Å². The first-order valence-corrected chi connectivity index (χ1v) is 12.0. The molecule has 6 nitrogen and oxygen atoms in total. The Morgan fingerprint density at radius 3 is 2.52 bits per heavy atom. The second kappa shape index (κ2) is 8.46. The molecule has 0 N–H and O–H groups in total. The van der Waals surface area contributed by atoms with Gasteiger partial charge in [-0.05, 0) is 57.7 Å². The normalized spacial score (nSPS) is 24.2. The van der Waals surface area contributed by atoms with E-state index < -0.39 is 0 Å². The minimum Gasteiger partial charge on any atom is -0.381 e. The second-order valence-electron chi connectivity index (χ2n) is 8.93. The Labute approximate surface area is 177 Å². The van der Waals surface area contributed by atoms with Crippen LogP contribution < -0.4 is 4.90 Å². The number of likely N-dealkylation sites (tertiary alicyclic amines) is 1. The molecule has 0 saturated carbocycles. The van der Waals surface area contributed by atoms with Crippen LogP contribution >= 0.6 is 11.3 Å². The van der Waals surface area contributed by atoms with E-state index in [2.05, 4.69) is 28.5 Å². The standard InChI is InChI=1S/C22H33N5OS/c1-16-17(2)29-22-20(16)21(23-19(24-22)14-25-6-3-4-7-25)27-10-8-26(9-11-27)13-18-5-12-28-15-18/h18H,3-15H2,1-2H3. The van der Waals surface area contributed by atoms with Gasteiger partial charge in [0.05, 0.1) is 18.5 Å². The van der Waals surface area contributed by atoms with Crippen LogP contribution in [-0.2, 0) is 11.3 Å². The van der Waals surface area contributed by atoms with Crippen molar-refractivity contribution in [2.24, 2.45) is 5.92 Å². The van der Waals surface area contributed by atoms with E-state index in [-0.39, 0.29) is 0 Å². The zero-order chi connectivity index (χ0) is 19.8. The molecule has 1 atom stereocenters. The third-order valence-corrected chi connectivity index (χ3v) is 7.93. The summed E-state index contributed by atoms with van der Waals surface area (Å²) in [6.45, 7) is 15.1. The molecule has 158 valence electrons. The molecule has 7 heteroatoms. The molecule has 0 amide bonds. The Balaban J connectivity index is 1.36. The van der Waals surface area contributed by atoms with Crippen LogP contribution in [0.4, 0.5) is 5.82 Å². The van der Waals surface area contributed by atoms with Gasteiger partial charge in [-0.3, -0.25) is 9.80 Å². The summed E-state index contributed by atoms with van der Waals surface area (Å²) in [4.78, 5) is 20.3. The molecular weight excluding hydrogens is 382 g/mol. The van der Waals surface area contributed by atoms with Crippen molar-refractivity contribution in [3.63, 3.8) is 0 Å². The Morgan fingerprint density at radius 1 is 1.00 bits per heavy atom. The number of fused-ring (bicyclic) bond motifs is 1. The highest BCUT2D eigenvalue weighted by Gasteiger charge is 2.26. The maximum absolute atomic E-state index is 5.56. The number of ether oxygens (including phenoxy) is 1. The lowest BCUT2D eigenvalue weighted by molar-refractivity contribution is 0.164. The fraction of sp³-hybridized carbons (Fsp3) is 0.727. The van der Waals surface area contributed by atoms with Crippen LogP contribution in [0.3, 0.4) is 0 Å². The first-order valence-electron chi connectivity index (χ1n) is 11.2. The Kier molecular flexibility index (Phi) is 5.74. The number of aryl methyl sites for hydroxylation is 2. The lowest BCUT2D eigenvalue weighted by Crippen LogP contribution is -2.48. The average Bonchev–Trinajstić information content (AvgIpc) is 3.46. The average molecular weight is 416 g/mol. The number of nitrogens with zero attached hydrogens (tertiary/aromatic N) is 5. The monoisotopic (exact) mass is 415 g/mol. The molecular formula is C22H33N5OS. The van der Waals surface area contributed by atoms with E-state index >= 15 is 0 Å². The molecule has 5 heterocycles. The molecule has 3 fully saturated rings. The van der Waals surface area contributed by atoms with Crippen LogP contribution in [0.5, 0.6) is 0 Å². The van der Waals surface area contributed by atoms with Crippen LogP contribution in [0.25, 0.3) is 10.2 Å². The topological polar surface area (TPSA) is 44.7 Å². The van der Waals surface area contributed by atoms with E-state index in [1.807, 2.05) is 11.3 Å². The van der Waals surface area contributed by atoms with Crippen molar-refractivity contribution in [3.05, 3.63) is 16.3 Å². The van der Waals surface area contributed by atoms with Crippen molar-refractivity contribution in [3.8, 4) is 0 Å². The Morgan fingerprint density at radius 2 is 1.79 bits per heavy atom. The van der Waals surface area contributed by atoms with Crippen molar-refractivity contribution in [2.45, 2.75) is 39.7 Å². The van der Waals surface area contributed by atoms with Crippen LogP contribution in [0.15, 0.2) is 0 Å². The Bertz CT molecular complexity index is 848. The summed E-state index contributed by atoms with van der Waals surface area (Å²) in [5.74, 6) is 2.90. The van der Waals surface area contributed by atoms with Crippen LogP contribution in [-0.4, -0.2) is 78.8 Å². The number of rotatable bonds is 5. The minimum absolute atomic E-state index is 0.723. The third kappa shape index (κ3) is 4.15. The fourth-order valence-electron chi connectivity index (χ4n) is 4.95. The number of piperazine rings is 1. The Hall–Kier alpha value is -1.28. The number of thiophene rings is 1. The molecule has 29 heavy (non-hydrogen) atoms. The second-order valence-corrected chi connectivity index (χ2v) is 10.1. The number of aromatic nitrogens is 2. The highest BCUT2D eigenvalue weighted by molar-refractivity contribution is 7.18. The molecule has 0 aliphatic carbocycles. The van der Waals surface area contributed by atoms with E-state index in [9.17, 15) is 0 Å². The van der Waals surface area contributed by atoms with E-state index in [1.165, 1.54) is 65.4 Å². The summed E-state index contributed by atoms with van der Waals surface area (Å²) in [5.41, 5.74) is 1.36. The summed E-state index contributed by atoms with van der Waals surface area (Å²) in [5, 5.41) is 1.29. The summed E-state index contributed by atoms with van der Waals surface area (Å²) in [7, 11) is 0. The maximum Gasteiger partial charge on any atom is 0.146 e. The molecule has 2 aromatic rings. The predicted molar refractivity (Wildman–Crippen MR) is 119 cm³/mol. The smallest absolute Gasteiger partial charge is 0.146 e. The maximum atomic E-state index is 5.56. The zero-order valence-electron chi connectivity index (χ0n) is 17.8. The molecule has 0 aromatic carbocycles. The summed E-state index contributed by atoms with van der Waals surface area (Å²) in [6.07, 6.45) is 3.83. The van der Waals surface area contributed by atoms with Crippen LogP contribution in [0, 0.1) is 19.8 Å². The number of anilines is 1. The van der Waals surface area contributed by atoms with Gasteiger partial charge in [0.2, 0.25) is 0 Å². The van der Waals surface area contributed by atoms with E-state index in [4.69, 9.17) is 14.7 Å². The van der Waals surface area contributed by atoms with E-state index in [1.54, 1.807) is 0 Å². The molecule has 3 saturated heterocycles. The van der Waals surface area contributed by atoms with Gasteiger partial charge in [-0.1, -0.05) is 0 Å². The number of hydrogen-bond donors (Lipinski definition) is 0. The summed E-state index contributed by atoms with van der Waals surface area (Å²) >= 11 is 1.83. The van der Waals surface area contributed by atoms with Gasteiger partial charge < -0.3 is 9.64 Å². The SMILES string of the molecule is Cc1sc2nc(CN3CCCC3)nc(N3CCN(CC4CCOC4)CC3)c2c1C. The van der Waals surface area contributed by atoms with Crippen molar-refractivity contribution >= 4 is 27.4 Å². The van der Waals surface area contributed by atoms with Gasteiger partial charge in [-0.15, -0.1) is 11.3 Å². The van der Waals surface area contributed by atoms with Gasteiger partial charge in [0.25, 0.3) is 0 Å². The largest absolute Gasteiger partial charge is 0.381 e. The lowest BCUT2D eigenvalue weighted by Gasteiger charge is -2.36. The van der Waals surface area contributed by atoms with Gasteiger partial charge in [0.15, 0.2) is 0 Å². The van der Waals surface area contributed by atoms with Crippen molar-refractivity contribution in [2.75, 3.05) is 63.9 Å². The number of hydrogen-bond acceptors (Lipinski definition) is 7. The molecule has 0 radical (unpaired) electrons. The summed E-state index contributed by atoms with van der Waals surface area (Å²) in [6, 6.07) is 0. The highest BCUT2D eigenvalue weighted by Crippen LogP contribution is 2.35. The molecule has 3 aliphatic heterocycles. The quantitative estimate of drug-likeness (QED) is 0.748. The van der Waals surface area contributed by atoms with Crippen molar-refractivity contribution in [1.82, 2.24) is 19.8 Å². The highest BCUT2D eigenvalue weighted by atomic mass is 32.1. The van der Waals surface area contributed by atoms with E-state index in [0.29, 0.717) is 0 Å². The van der Waals surface area contributed by atoms with Crippen molar-refractivity contribution in [1.29, 1.82) is 0 Å². The predicted octanol–water partition coefficient (Wildman–Crippen LogP) is 3.06. The summed E-state index contributed by atoms with van der Waals surface area (Å²) < 4.78 is 5.56. The molecule has 1 unspecified atom stereocenters. The van der Waals surface area contributed by atoms with Gasteiger partial charge in [-0.2, -0.15) is 0 Å². The molecule has 3 aliphatic rings. The zero-order valence-corrected chi connectivity index (χ0v) is 18.6. The molecule has 0 bridgehead atoms. The van der Waals surface area contributed by atoms with Crippen molar-refractivity contribution < 1.29 is 4.74 Å². The first-order chi connectivity index (χ1) is 14.2. The van der Waals surface area contributed by atoms with Gasteiger partial charge in [0.1, 0.15) is 16.5 Å². The van der Waals surface area contributed by atoms with Crippen LogP contribution in [0.1, 0.15) is 35.5 Å². The van der Waals surface area contributed by atoms with Gasteiger partial charge >= 0.3 is 0 Å².